The molecule has 1 aliphatic heterocycles. The Morgan fingerprint density at radius 3 is 2.56 bits per heavy atom. The fraction of sp³-hybridized carbons (Fsp3) is 0.556. The Bertz CT molecular complexity index is 658. The quantitative estimate of drug-likeness (QED) is 0.464. The van der Waals surface area contributed by atoms with E-state index in [1.165, 1.54) is 18.2 Å². The monoisotopic (exact) mass is 383 g/mol. The van der Waals surface area contributed by atoms with Gasteiger partial charge in [-0.05, 0) is 32.3 Å². The highest BCUT2D eigenvalue weighted by molar-refractivity contribution is 5.94. The van der Waals surface area contributed by atoms with E-state index in [0.717, 1.165) is 6.07 Å². The van der Waals surface area contributed by atoms with Gasteiger partial charge in [-0.25, -0.2) is 4.39 Å². The molecule has 2 amide bonds. The van der Waals surface area contributed by atoms with Crippen molar-refractivity contribution in [3.8, 4) is 0 Å². The number of halogens is 1. The van der Waals surface area contributed by atoms with Crippen LogP contribution in [0, 0.1) is 5.82 Å². The van der Waals surface area contributed by atoms with Gasteiger partial charge < -0.3 is 30.5 Å². The predicted molar refractivity (Wildman–Crippen MR) is 95.6 cm³/mol. The molecular weight excluding hydrogens is 357 g/mol. The zero-order valence-corrected chi connectivity index (χ0v) is 15.4. The minimum atomic E-state index is -1.24. The second-order valence-electron chi connectivity index (χ2n) is 6.77. The Morgan fingerprint density at radius 2 is 1.89 bits per heavy atom. The predicted octanol–water partition coefficient (Wildman–Crippen LogP) is -0.887. The standard InChI is InChI=1S/C18H26FN3O5/c1-22(2)7-6-20-15(23)9-13-16(24)17(25)14(27-13)10-21-18(26)11-4-3-5-12(19)8-11/h3-5,8,13-14,16-17,24-25H,6-7,9-10H2,1-2H3,(H,20,23)(H,21,26)/t13-,14+,16?,17+/m0/s1. The summed E-state index contributed by atoms with van der Waals surface area (Å²) in [4.78, 5) is 25.9. The first-order valence-corrected chi connectivity index (χ1v) is 8.74. The van der Waals surface area contributed by atoms with E-state index in [2.05, 4.69) is 10.6 Å². The fourth-order valence-electron chi connectivity index (χ4n) is 2.76. The molecule has 0 radical (unpaired) electrons. The van der Waals surface area contributed by atoms with Gasteiger partial charge in [-0.15, -0.1) is 0 Å². The van der Waals surface area contributed by atoms with E-state index in [9.17, 15) is 24.2 Å². The highest BCUT2D eigenvalue weighted by Crippen LogP contribution is 2.23. The van der Waals surface area contributed by atoms with E-state index < -0.39 is 36.1 Å². The van der Waals surface area contributed by atoms with Crippen LogP contribution in [0.3, 0.4) is 0 Å². The third kappa shape index (κ3) is 6.24. The van der Waals surface area contributed by atoms with Gasteiger partial charge in [-0.2, -0.15) is 0 Å². The zero-order valence-electron chi connectivity index (χ0n) is 15.4. The number of nitrogens with one attached hydrogen (secondary N) is 2. The summed E-state index contributed by atoms with van der Waals surface area (Å²) in [7, 11) is 3.77. The van der Waals surface area contributed by atoms with Crippen LogP contribution in [0.15, 0.2) is 24.3 Å². The van der Waals surface area contributed by atoms with Crippen LogP contribution in [0.4, 0.5) is 4.39 Å². The molecule has 9 heteroatoms. The average molecular weight is 383 g/mol. The number of hydrogen-bond acceptors (Lipinski definition) is 6. The summed E-state index contributed by atoms with van der Waals surface area (Å²) in [6.45, 7) is 1.06. The van der Waals surface area contributed by atoms with Gasteiger partial charge in [0.25, 0.3) is 5.91 Å². The first-order chi connectivity index (χ1) is 12.8. The van der Waals surface area contributed by atoms with Crippen molar-refractivity contribution in [1.82, 2.24) is 15.5 Å². The molecule has 0 bridgehead atoms. The molecule has 1 aromatic carbocycles. The van der Waals surface area contributed by atoms with E-state index in [1.807, 2.05) is 19.0 Å². The van der Waals surface area contributed by atoms with Crippen LogP contribution >= 0.6 is 0 Å². The number of ether oxygens (including phenoxy) is 1. The number of aliphatic hydroxyl groups excluding tert-OH is 2. The van der Waals surface area contributed by atoms with Gasteiger partial charge in [0.1, 0.15) is 24.1 Å². The highest BCUT2D eigenvalue weighted by atomic mass is 19.1. The Morgan fingerprint density at radius 1 is 1.19 bits per heavy atom. The Hall–Kier alpha value is -2.07. The van der Waals surface area contributed by atoms with Gasteiger partial charge in [0.2, 0.25) is 5.91 Å². The van der Waals surface area contributed by atoms with E-state index >= 15 is 0 Å². The third-order valence-electron chi connectivity index (χ3n) is 4.28. The first kappa shape index (κ1) is 21.2. The normalized spacial score (nSPS) is 24.8. The van der Waals surface area contributed by atoms with Crippen LogP contribution < -0.4 is 10.6 Å². The molecule has 1 fully saturated rings. The van der Waals surface area contributed by atoms with E-state index in [1.54, 1.807) is 0 Å². The molecular formula is C18H26FN3O5. The van der Waals surface area contributed by atoms with Crippen molar-refractivity contribution in [3.05, 3.63) is 35.6 Å². The number of rotatable bonds is 8. The second kappa shape index (κ2) is 9.75. The summed E-state index contributed by atoms with van der Waals surface area (Å²) in [5.74, 6) is -1.35. The van der Waals surface area contributed by atoms with Gasteiger partial charge in [-0.1, -0.05) is 6.07 Å². The number of benzene rings is 1. The molecule has 4 N–H and O–H groups in total. The lowest BCUT2D eigenvalue weighted by molar-refractivity contribution is -0.125. The summed E-state index contributed by atoms with van der Waals surface area (Å²) >= 11 is 0. The average Bonchev–Trinajstić information content (AvgIpc) is 2.87. The maximum absolute atomic E-state index is 13.2. The van der Waals surface area contributed by atoms with Crippen molar-refractivity contribution < 1.29 is 28.9 Å². The Kier molecular flexibility index (Phi) is 7.66. The summed E-state index contributed by atoms with van der Waals surface area (Å²) in [6, 6.07) is 5.20. The van der Waals surface area contributed by atoms with Gasteiger partial charge in [0, 0.05) is 25.2 Å². The summed E-state index contributed by atoms with van der Waals surface area (Å²) < 4.78 is 18.7. The summed E-state index contributed by atoms with van der Waals surface area (Å²) in [5.41, 5.74) is 0.139. The number of nitrogens with zero attached hydrogens (tertiary/aromatic N) is 1. The van der Waals surface area contributed by atoms with Crippen molar-refractivity contribution in [1.29, 1.82) is 0 Å². The van der Waals surface area contributed by atoms with Gasteiger partial charge in [0.15, 0.2) is 0 Å². The Balaban J connectivity index is 1.81. The van der Waals surface area contributed by atoms with Crippen molar-refractivity contribution >= 4 is 11.8 Å². The molecule has 2 rings (SSSR count). The van der Waals surface area contributed by atoms with Gasteiger partial charge >= 0.3 is 0 Å². The maximum Gasteiger partial charge on any atom is 0.251 e. The lowest BCUT2D eigenvalue weighted by Crippen LogP contribution is -2.40. The molecule has 1 heterocycles. The third-order valence-corrected chi connectivity index (χ3v) is 4.28. The summed E-state index contributed by atoms with van der Waals surface area (Å²) in [6.07, 6.45) is -4.30. The minimum absolute atomic E-state index is 0.0771. The molecule has 1 unspecified atom stereocenters. The largest absolute Gasteiger partial charge is 0.388 e. The van der Waals surface area contributed by atoms with Crippen molar-refractivity contribution in [2.24, 2.45) is 0 Å². The van der Waals surface area contributed by atoms with Gasteiger partial charge in [-0.3, -0.25) is 9.59 Å². The van der Waals surface area contributed by atoms with Crippen LogP contribution in [0.25, 0.3) is 0 Å². The van der Waals surface area contributed by atoms with Crippen LogP contribution in [-0.4, -0.2) is 85.1 Å². The minimum Gasteiger partial charge on any atom is -0.388 e. The SMILES string of the molecule is CN(C)CCNC(=O)C[C@@H]1O[C@H](CNC(=O)c2cccc(F)c2)[C@@H](O)C1O. The van der Waals surface area contributed by atoms with Crippen molar-refractivity contribution in [2.45, 2.75) is 30.8 Å². The van der Waals surface area contributed by atoms with Crippen LogP contribution in [0.1, 0.15) is 16.8 Å². The van der Waals surface area contributed by atoms with Crippen LogP contribution in [0.5, 0.6) is 0 Å². The van der Waals surface area contributed by atoms with Crippen molar-refractivity contribution in [3.63, 3.8) is 0 Å². The molecule has 27 heavy (non-hydrogen) atoms. The molecule has 150 valence electrons. The molecule has 1 aliphatic rings. The van der Waals surface area contributed by atoms with Crippen LogP contribution in [0.2, 0.25) is 0 Å². The first-order valence-electron chi connectivity index (χ1n) is 8.74. The number of carbonyl (C=O) groups excluding carboxylic acids is 2. The topological polar surface area (TPSA) is 111 Å². The molecule has 0 saturated carbocycles. The van der Waals surface area contributed by atoms with E-state index in [-0.39, 0.29) is 24.4 Å². The van der Waals surface area contributed by atoms with Crippen molar-refractivity contribution in [2.75, 3.05) is 33.7 Å². The van der Waals surface area contributed by atoms with E-state index in [4.69, 9.17) is 4.74 Å². The molecule has 0 aromatic heterocycles. The van der Waals surface area contributed by atoms with Gasteiger partial charge in [0.05, 0.1) is 12.5 Å². The highest BCUT2D eigenvalue weighted by Gasteiger charge is 2.43. The van der Waals surface area contributed by atoms with Crippen LogP contribution in [-0.2, 0) is 9.53 Å². The molecule has 1 aromatic rings. The second-order valence-corrected chi connectivity index (χ2v) is 6.77. The number of hydrogen-bond donors (Lipinski definition) is 4. The molecule has 8 nitrogen and oxygen atoms in total. The summed E-state index contributed by atoms with van der Waals surface area (Å²) in [5, 5.41) is 25.4. The number of carbonyl (C=O) groups is 2. The number of likely N-dealkylation sites (N-methyl/N-ethyl adjacent to an activating group) is 1. The molecule has 1 saturated heterocycles. The zero-order chi connectivity index (χ0) is 20.0. The maximum atomic E-state index is 13.2. The smallest absolute Gasteiger partial charge is 0.251 e. The molecule has 0 aliphatic carbocycles. The molecule has 4 atom stereocenters. The number of aliphatic hydroxyl groups is 2. The fourth-order valence-corrected chi connectivity index (χ4v) is 2.76. The molecule has 0 spiro atoms. The lowest BCUT2D eigenvalue weighted by Gasteiger charge is -2.15. The Labute approximate surface area is 157 Å². The van der Waals surface area contributed by atoms with E-state index in [0.29, 0.717) is 13.1 Å². The lowest BCUT2D eigenvalue weighted by atomic mass is 10.1. The number of amides is 2.